The molecule has 1 unspecified atom stereocenters. The fraction of sp³-hybridized carbons (Fsp3) is 0.500. The molecule has 1 aromatic heterocycles. The Balaban J connectivity index is 1.38. The van der Waals surface area contributed by atoms with Crippen LogP contribution >= 0.6 is 22.9 Å². The van der Waals surface area contributed by atoms with Crippen molar-refractivity contribution in [2.75, 3.05) is 0 Å². The molecule has 2 aliphatic rings. The minimum absolute atomic E-state index is 0.491. The first-order valence-electron chi connectivity index (χ1n) is 7.61. The summed E-state index contributed by atoms with van der Waals surface area (Å²) in [4.78, 5) is 0. The highest BCUT2D eigenvalue weighted by molar-refractivity contribution is 7.11. The van der Waals surface area contributed by atoms with E-state index in [0.717, 1.165) is 29.4 Å². The highest BCUT2D eigenvalue weighted by atomic mass is 35.5. The lowest BCUT2D eigenvalue weighted by molar-refractivity contribution is 0.456. The normalized spacial score (nSPS) is 21.3. The van der Waals surface area contributed by atoms with Gasteiger partial charge in [0.2, 0.25) is 0 Å². The monoisotopic (exact) mass is 319 g/mol. The van der Waals surface area contributed by atoms with Crippen molar-refractivity contribution in [3.8, 4) is 0 Å². The molecule has 4 rings (SSSR count). The molecule has 0 amide bonds. The smallest absolute Gasteiger partial charge is 0.131 e. The average Bonchev–Trinajstić information content (AvgIpc) is 3.25. The van der Waals surface area contributed by atoms with Gasteiger partial charge in [0.15, 0.2) is 0 Å². The molecule has 0 aliphatic heterocycles. The summed E-state index contributed by atoms with van der Waals surface area (Å²) in [5.41, 5.74) is 2.73. The third-order valence-electron chi connectivity index (χ3n) is 4.38. The van der Waals surface area contributed by atoms with Crippen LogP contribution in [0, 0.1) is 0 Å². The maximum Gasteiger partial charge on any atom is 0.131 e. The van der Waals surface area contributed by atoms with Gasteiger partial charge in [-0.25, -0.2) is 0 Å². The Morgan fingerprint density at radius 1 is 1.24 bits per heavy atom. The summed E-state index contributed by atoms with van der Waals surface area (Å²) in [6.45, 7) is 0.828. The van der Waals surface area contributed by atoms with Crippen LogP contribution in [0.4, 0.5) is 0 Å². The van der Waals surface area contributed by atoms with Crippen LogP contribution in [0.25, 0.3) is 0 Å². The molecule has 0 bridgehead atoms. The Morgan fingerprint density at radius 3 is 3.00 bits per heavy atom. The molecule has 2 aliphatic carbocycles. The van der Waals surface area contributed by atoms with Crippen LogP contribution in [0.1, 0.15) is 46.3 Å². The van der Waals surface area contributed by atoms with Crippen LogP contribution in [-0.2, 0) is 19.4 Å². The van der Waals surface area contributed by atoms with Gasteiger partial charge in [0.1, 0.15) is 10.0 Å². The van der Waals surface area contributed by atoms with Crippen molar-refractivity contribution < 1.29 is 0 Å². The van der Waals surface area contributed by atoms with Crippen molar-refractivity contribution in [2.24, 2.45) is 0 Å². The molecule has 0 spiro atoms. The lowest BCUT2D eigenvalue weighted by Gasteiger charge is -2.26. The van der Waals surface area contributed by atoms with Gasteiger partial charge in [0.05, 0.1) is 0 Å². The van der Waals surface area contributed by atoms with E-state index in [4.69, 9.17) is 11.6 Å². The quantitative estimate of drug-likeness (QED) is 0.933. The molecular formula is C16H18ClN3S. The summed E-state index contributed by atoms with van der Waals surface area (Å²) in [6, 6.07) is 6.74. The van der Waals surface area contributed by atoms with Crippen LogP contribution in [0.5, 0.6) is 0 Å². The molecule has 3 nitrogen and oxygen atoms in total. The Bertz CT molecular complexity index is 651. The zero-order valence-electron chi connectivity index (χ0n) is 11.8. The largest absolute Gasteiger partial charge is 0.307 e. The van der Waals surface area contributed by atoms with E-state index >= 15 is 0 Å². The van der Waals surface area contributed by atoms with E-state index in [1.165, 1.54) is 35.4 Å². The van der Waals surface area contributed by atoms with E-state index in [1.54, 1.807) is 11.3 Å². The van der Waals surface area contributed by atoms with Crippen molar-refractivity contribution in [1.29, 1.82) is 0 Å². The third-order valence-corrected chi connectivity index (χ3v) is 5.82. The van der Waals surface area contributed by atoms with Crippen LogP contribution in [0.15, 0.2) is 18.2 Å². The third kappa shape index (κ3) is 2.98. The van der Waals surface area contributed by atoms with Gasteiger partial charge in [0, 0.05) is 23.5 Å². The number of nitrogens with one attached hydrogen (secondary N) is 1. The molecule has 2 aromatic rings. The number of nitrogens with zero attached hydrogens (tertiary/aromatic N) is 2. The van der Waals surface area contributed by atoms with Gasteiger partial charge in [-0.15, -0.1) is 10.2 Å². The summed E-state index contributed by atoms with van der Waals surface area (Å²) in [5, 5.41) is 15.5. The maximum atomic E-state index is 6.32. The summed E-state index contributed by atoms with van der Waals surface area (Å²) >= 11 is 8.09. The number of aromatic nitrogens is 2. The predicted octanol–water partition coefficient (Wildman–Crippen LogP) is 3.72. The van der Waals surface area contributed by atoms with Gasteiger partial charge >= 0.3 is 0 Å². The molecule has 1 heterocycles. The molecule has 1 atom stereocenters. The summed E-state index contributed by atoms with van der Waals surface area (Å²) in [7, 11) is 0. The number of benzene rings is 1. The van der Waals surface area contributed by atoms with Crippen molar-refractivity contribution in [3.05, 3.63) is 44.4 Å². The van der Waals surface area contributed by atoms with E-state index in [2.05, 4.69) is 27.6 Å². The predicted molar refractivity (Wildman–Crippen MR) is 86.0 cm³/mol. The van der Waals surface area contributed by atoms with Crippen LogP contribution in [0.2, 0.25) is 5.02 Å². The second-order valence-electron chi connectivity index (χ2n) is 6.01. The van der Waals surface area contributed by atoms with Gasteiger partial charge in [-0.1, -0.05) is 35.1 Å². The molecule has 1 aromatic carbocycles. The molecule has 5 heteroatoms. The molecule has 21 heavy (non-hydrogen) atoms. The Hall–Kier alpha value is -0.970. The van der Waals surface area contributed by atoms with Crippen molar-refractivity contribution >= 4 is 22.9 Å². The molecule has 1 saturated carbocycles. The molecular weight excluding hydrogens is 302 g/mol. The molecule has 0 radical (unpaired) electrons. The van der Waals surface area contributed by atoms with Crippen LogP contribution in [0.3, 0.4) is 0 Å². The van der Waals surface area contributed by atoms with Crippen molar-refractivity contribution in [2.45, 2.75) is 50.6 Å². The van der Waals surface area contributed by atoms with E-state index in [1.807, 2.05) is 6.07 Å². The first-order valence-corrected chi connectivity index (χ1v) is 8.81. The number of aryl methyl sites for hydroxylation is 1. The highest BCUT2D eigenvalue weighted by Crippen LogP contribution is 2.41. The SMILES string of the molecule is Clc1cccc2c1CC(NCc1nnc(C3CC3)s1)CC2. The summed E-state index contributed by atoms with van der Waals surface area (Å²) in [6.07, 6.45) is 5.88. The average molecular weight is 320 g/mol. The zero-order valence-corrected chi connectivity index (χ0v) is 13.4. The first kappa shape index (κ1) is 13.7. The van der Waals surface area contributed by atoms with Gasteiger partial charge in [-0.2, -0.15) is 0 Å². The summed E-state index contributed by atoms with van der Waals surface area (Å²) in [5.74, 6) is 0.705. The van der Waals surface area contributed by atoms with Gasteiger partial charge in [0.25, 0.3) is 0 Å². The fourth-order valence-corrected chi connectivity index (χ4v) is 4.22. The Morgan fingerprint density at radius 2 is 2.14 bits per heavy atom. The zero-order chi connectivity index (χ0) is 14.2. The first-order chi connectivity index (χ1) is 10.3. The molecule has 1 N–H and O–H groups in total. The van der Waals surface area contributed by atoms with Gasteiger partial charge in [-0.05, 0) is 49.3 Å². The van der Waals surface area contributed by atoms with Crippen molar-refractivity contribution in [1.82, 2.24) is 15.5 Å². The van der Waals surface area contributed by atoms with Gasteiger partial charge < -0.3 is 5.32 Å². The lowest BCUT2D eigenvalue weighted by atomic mass is 9.88. The second-order valence-corrected chi connectivity index (χ2v) is 7.51. The number of fused-ring (bicyclic) bond motifs is 1. The Labute approximate surface area is 133 Å². The minimum atomic E-state index is 0.491. The number of rotatable bonds is 4. The summed E-state index contributed by atoms with van der Waals surface area (Å²) < 4.78 is 0. The number of hydrogen-bond acceptors (Lipinski definition) is 4. The fourth-order valence-electron chi connectivity index (χ4n) is 2.98. The minimum Gasteiger partial charge on any atom is -0.307 e. The number of hydrogen-bond donors (Lipinski definition) is 1. The molecule has 0 saturated heterocycles. The molecule has 1 fully saturated rings. The van der Waals surface area contributed by atoms with E-state index in [0.29, 0.717) is 12.0 Å². The van der Waals surface area contributed by atoms with E-state index in [9.17, 15) is 0 Å². The Kier molecular flexibility index (Phi) is 3.69. The van der Waals surface area contributed by atoms with Gasteiger partial charge in [-0.3, -0.25) is 0 Å². The maximum absolute atomic E-state index is 6.32. The highest BCUT2D eigenvalue weighted by Gasteiger charge is 2.27. The van der Waals surface area contributed by atoms with E-state index < -0.39 is 0 Å². The topological polar surface area (TPSA) is 37.8 Å². The van der Waals surface area contributed by atoms with Crippen LogP contribution < -0.4 is 5.32 Å². The standard InChI is InChI=1S/C16H18ClN3S/c17-14-3-1-2-10-6-7-12(8-13(10)14)18-9-15-19-20-16(21-15)11-4-5-11/h1-3,11-12,18H,4-9H2. The lowest BCUT2D eigenvalue weighted by Crippen LogP contribution is -2.34. The molecule has 110 valence electrons. The van der Waals surface area contributed by atoms with E-state index in [-0.39, 0.29) is 0 Å². The number of halogens is 1. The van der Waals surface area contributed by atoms with Crippen molar-refractivity contribution in [3.63, 3.8) is 0 Å². The van der Waals surface area contributed by atoms with Crippen LogP contribution in [-0.4, -0.2) is 16.2 Å². The second kappa shape index (κ2) is 5.67.